The van der Waals surface area contributed by atoms with Crippen molar-refractivity contribution < 1.29 is 14.9 Å². The first kappa shape index (κ1) is 12.8. The number of aliphatic hydroxyl groups is 2. The van der Waals surface area contributed by atoms with Crippen LogP contribution in [-0.2, 0) is 6.54 Å². The highest BCUT2D eigenvalue weighted by Gasteiger charge is 2.09. The van der Waals surface area contributed by atoms with E-state index in [0.29, 0.717) is 12.3 Å². The van der Waals surface area contributed by atoms with Gasteiger partial charge in [-0.2, -0.15) is 0 Å². The second kappa shape index (κ2) is 5.82. The lowest BCUT2D eigenvalue weighted by atomic mass is 10.0. The second-order valence-corrected chi connectivity index (χ2v) is 4.11. The van der Waals surface area contributed by atoms with E-state index >= 15 is 0 Å². The van der Waals surface area contributed by atoms with Crippen LogP contribution in [0.3, 0.4) is 0 Å². The summed E-state index contributed by atoms with van der Waals surface area (Å²) in [6, 6.07) is 11.7. The molecular weight excluding hydrogens is 230 g/mol. The molecule has 0 amide bonds. The average molecular weight is 247 g/mol. The van der Waals surface area contributed by atoms with Crippen LogP contribution in [-0.4, -0.2) is 29.5 Å². The molecule has 1 unspecified atom stereocenters. The van der Waals surface area contributed by atoms with Crippen molar-refractivity contribution in [3.8, 4) is 5.75 Å². The highest BCUT2D eigenvalue weighted by molar-refractivity contribution is 5.87. The largest absolute Gasteiger partial charge is 0.490 e. The minimum Gasteiger partial charge on any atom is -0.490 e. The summed E-state index contributed by atoms with van der Waals surface area (Å²) < 4.78 is 5.50. The number of hydrogen-bond acceptors (Lipinski definition) is 4. The van der Waals surface area contributed by atoms with Gasteiger partial charge in [0.25, 0.3) is 0 Å². The zero-order valence-corrected chi connectivity index (χ0v) is 10.0. The second-order valence-electron chi connectivity index (χ2n) is 4.11. The van der Waals surface area contributed by atoms with Crippen molar-refractivity contribution in [3.63, 3.8) is 0 Å². The first-order valence-electron chi connectivity index (χ1n) is 5.88. The Morgan fingerprint density at radius 3 is 2.67 bits per heavy atom. The smallest absolute Gasteiger partial charge is 0.124 e. The van der Waals surface area contributed by atoms with Crippen molar-refractivity contribution in [1.82, 2.24) is 0 Å². The zero-order valence-electron chi connectivity index (χ0n) is 10.0. The molecule has 0 heterocycles. The van der Waals surface area contributed by atoms with Gasteiger partial charge in [0.1, 0.15) is 18.5 Å². The van der Waals surface area contributed by atoms with Crippen molar-refractivity contribution in [2.75, 3.05) is 13.2 Å². The lowest BCUT2D eigenvalue weighted by Crippen LogP contribution is -2.21. The molecule has 2 aromatic carbocycles. The van der Waals surface area contributed by atoms with Crippen LogP contribution in [0, 0.1) is 0 Å². The van der Waals surface area contributed by atoms with Crippen LogP contribution in [0.1, 0.15) is 5.56 Å². The van der Waals surface area contributed by atoms with E-state index in [1.54, 1.807) is 0 Å². The number of ether oxygens (including phenoxy) is 1. The molecule has 2 aromatic rings. The molecule has 0 spiro atoms. The molecule has 0 radical (unpaired) electrons. The van der Waals surface area contributed by atoms with Crippen molar-refractivity contribution in [2.45, 2.75) is 12.6 Å². The summed E-state index contributed by atoms with van der Waals surface area (Å²) in [7, 11) is 0. The van der Waals surface area contributed by atoms with Crippen LogP contribution in [0.4, 0.5) is 0 Å². The van der Waals surface area contributed by atoms with Gasteiger partial charge in [-0.15, -0.1) is 0 Å². The molecule has 4 heteroatoms. The van der Waals surface area contributed by atoms with E-state index in [1.165, 1.54) is 0 Å². The van der Waals surface area contributed by atoms with Gasteiger partial charge in [-0.3, -0.25) is 0 Å². The number of fused-ring (bicyclic) bond motifs is 1. The molecule has 0 aromatic heterocycles. The molecule has 96 valence electrons. The summed E-state index contributed by atoms with van der Waals surface area (Å²) in [5, 5.41) is 20.2. The molecule has 0 aliphatic rings. The predicted molar refractivity (Wildman–Crippen MR) is 70.4 cm³/mol. The molecule has 0 aliphatic heterocycles. The fraction of sp³-hybridized carbons (Fsp3) is 0.286. The Hall–Kier alpha value is -1.62. The molecule has 1 atom stereocenters. The van der Waals surface area contributed by atoms with E-state index in [0.717, 1.165) is 16.3 Å². The summed E-state index contributed by atoms with van der Waals surface area (Å²) in [5.74, 6) is 0.656. The molecule has 18 heavy (non-hydrogen) atoms. The van der Waals surface area contributed by atoms with Crippen LogP contribution < -0.4 is 10.5 Å². The standard InChI is InChI=1S/C14H17NO3/c15-7-13-12-4-2-1-3-10(12)5-6-14(13)18-9-11(17)8-16/h1-6,11,16-17H,7-9,15H2. The number of aliphatic hydroxyl groups excluding tert-OH is 2. The number of rotatable bonds is 5. The van der Waals surface area contributed by atoms with Crippen molar-refractivity contribution in [3.05, 3.63) is 42.0 Å². The van der Waals surface area contributed by atoms with Gasteiger partial charge in [0.15, 0.2) is 0 Å². The molecule has 0 bridgehead atoms. The van der Waals surface area contributed by atoms with Gasteiger partial charge in [-0.1, -0.05) is 30.3 Å². The Morgan fingerprint density at radius 1 is 1.17 bits per heavy atom. The third-order valence-corrected chi connectivity index (χ3v) is 2.84. The molecule has 4 nitrogen and oxygen atoms in total. The maximum atomic E-state index is 9.29. The minimum atomic E-state index is -0.873. The fourth-order valence-electron chi connectivity index (χ4n) is 1.90. The predicted octanol–water partition coefficient (Wildman–Crippen LogP) is 1.03. The highest BCUT2D eigenvalue weighted by Crippen LogP contribution is 2.27. The molecule has 2 rings (SSSR count). The molecule has 0 saturated carbocycles. The summed E-state index contributed by atoms with van der Waals surface area (Å²) in [5.41, 5.74) is 6.68. The number of nitrogens with two attached hydrogens (primary N) is 1. The minimum absolute atomic E-state index is 0.0574. The quantitative estimate of drug-likeness (QED) is 0.737. The first-order valence-corrected chi connectivity index (χ1v) is 5.88. The molecular formula is C14H17NO3. The van der Waals surface area contributed by atoms with Crippen molar-refractivity contribution >= 4 is 10.8 Å². The fourth-order valence-corrected chi connectivity index (χ4v) is 1.90. The van der Waals surface area contributed by atoms with Gasteiger partial charge >= 0.3 is 0 Å². The van der Waals surface area contributed by atoms with Crippen LogP contribution >= 0.6 is 0 Å². The Balaban J connectivity index is 2.33. The van der Waals surface area contributed by atoms with E-state index < -0.39 is 6.10 Å². The topological polar surface area (TPSA) is 75.7 Å². The van der Waals surface area contributed by atoms with Gasteiger partial charge in [0.2, 0.25) is 0 Å². The Kier molecular flexibility index (Phi) is 4.15. The van der Waals surface area contributed by atoms with Gasteiger partial charge in [-0.25, -0.2) is 0 Å². The van der Waals surface area contributed by atoms with Crippen molar-refractivity contribution in [2.24, 2.45) is 5.73 Å². The lowest BCUT2D eigenvalue weighted by Gasteiger charge is -2.14. The van der Waals surface area contributed by atoms with Gasteiger partial charge in [0, 0.05) is 12.1 Å². The van der Waals surface area contributed by atoms with E-state index in [4.69, 9.17) is 15.6 Å². The van der Waals surface area contributed by atoms with Crippen LogP contribution in [0.2, 0.25) is 0 Å². The normalized spacial score (nSPS) is 12.6. The maximum Gasteiger partial charge on any atom is 0.124 e. The summed E-state index contributed by atoms with van der Waals surface area (Å²) in [4.78, 5) is 0. The summed E-state index contributed by atoms with van der Waals surface area (Å²) in [6.07, 6.45) is -0.873. The van der Waals surface area contributed by atoms with Gasteiger partial charge in [0.05, 0.1) is 6.61 Å². The third-order valence-electron chi connectivity index (χ3n) is 2.84. The summed E-state index contributed by atoms with van der Waals surface area (Å²) in [6.45, 7) is 0.110. The van der Waals surface area contributed by atoms with E-state index in [1.807, 2.05) is 36.4 Å². The molecule has 4 N–H and O–H groups in total. The number of benzene rings is 2. The molecule has 0 saturated heterocycles. The van der Waals surface area contributed by atoms with E-state index in [2.05, 4.69) is 0 Å². The Labute approximate surface area is 106 Å². The maximum absolute atomic E-state index is 9.29. The Bertz CT molecular complexity index is 527. The number of hydrogen-bond donors (Lipinski definition) is 3. The average Bonchev–Trinajstić information content (AvgIpc) is 2.43. The zero-order chi connectivity index (χ0) is 13.0. The molecule has 0 aliphatic carbocycles. The van der Waals surface area contributed by atoms with Crippen LogP contribution in [0.15, 0.2) is 36.4 Å². The lowest BCUT2D eigenvalue weighted by molar-refractivity contribution is 0.0533. The van der Waals surface area contributed by atoms with E-state index in [-0.39, 0.29) is 13.2 Å². The van der Waals surface area contributed by atoms with E-state index in [9.17, 15) is 5.11 Å². The monoisotopic (exact) mass is 247 g/mol. The molecule has 0 fully saturated rings. The highest BCUT2D eigenvalue weighted by atomic mass is 16.5. The van der Waals surface area contributed by atoms with Crippen LogP contribution in [0.5, 0.6) is 5.75 Å². The first-order chi connectivity index (χ1) is 8.76. The SMILES string of the molecule is NCc1c(OCC(O)CO)ccc2ccccc12. The third kappa shape index (κ3) is 2.61. The Morgan fingerprint density at radius 2 is 1.94 bits per heavy atom. The van der Waals surface area contributed by atoms with Crippen molar-refractivity contribution in [1.29, 1.82) is 0 Å². The van der Waals surface area contributed by atoms with Crippen LogP contribution in [0.25, 0.3) is 10.8 Å². The van der Waals surface area contributed by atoms with Gasteiger partial charge < -0.3 is 20.7 Å². The van der Waals surface area contributed by atoms with Gasteiger partial charge in [-0.05, 0) is 16.8 Å². The summed E-state index contributed by atoms with van der Waals surface area (Å²) >= 11 is 0.